The lowest BCUT2D eigenvalue weighted by molar-refractivity contribution is 0.495. The second kappa shape index (κ2) is 8.74. The Morgan fingerprint density at radius 1 is 0.553 bits per heavy atom. The third kappa shape index (κ3) is 3.46. The standard InChI is InChI=1S/C33H32N4S/c1-25-19-27(37-18-16-35(3)24-37)22-29(20-25)38(28-10-8-9-26(21-28)36-17-15-34(2)23-36)32-13-6-4-11-30(32)31-12-5-7-14-33(31)38/h4-22H,23-24H2,1-3H3. The van der Waals surface area contributed by atoms with Crippen molar-refractivity contribution in [3.63, 3.8) is 0 Å². The van der Waals surface area contributed by atoms with Crippen molar-refractivity contribution in [3.8, 4) is 11.1 Å². The molecule has 0 spiro atoms. The molecule has 0 bridgehead atoms. The highest BCUT2D eigenvalue weighted by atomic mass is 32.3. The van der Waals surface area contributed by atoms with Gasteiger partial charge in [-0.25, -0.2) is 0 Å². The number of rotatable bonds is 4. The van der Waals surface area contributed by atoms with Crippen molar-refractivity contribution in [1.82, 2.24) is 9.80 Å². The summed E-state index contributed by atoms with van der Waals surface area (Å²) < 4.78 is 0. The van der Waals surface area contributed by atoms with Gasteiger partial charge in [0.15, 0.2) is 0 Å². The Hall–Kier alpha value is -4.09. The Morgan fingerprint density at radius 2 is 1.13 bits per heavy atom. The van der Waals surface area contributed by atoms with E-state index in [0.717, 1.165) is 13.3 Å². The quantitative estimate of drug-likeness (QED) is 0.243. The topological polar surface area (TPSA) is 13.0 Å². The van der Waals surface area contributed by atoms with E-state index in [1.54, 1.807) is 0 Å². The molecule has 0 saturated carbocycles. The summed E-state index contributed by atoms with van der Waals surface area (Å²) >= 11 is 0. The average Bonchev–Trinajstić information content (AvgIpc) is 3.65. The molecule has 0 unspecified atom stereocenters. The molecule has 38 heavy (non-hydrogen) atoms. The van der Waals surface area contributed by atoms with Crippen molar-refractivity contribution < 1.29 is 0 Å². The first-order valence-corrected chi connectivity index (χ1v) is 14.7. The Kier molecular flexibility index (Phi) is 5.31. The molecule has 0 amide bonds. The molecule has 0 saturated heterocycles. The smallest absolute Gasteiger partial charge is 0.0938 e. The largest absolute Gasteiger partial charge is 0.361 e. The SMILES string of the molecule is Cc1cc(N2C=CN(C)C2)cc(S2(c3cccc(N4C=CN(C)C4)c3)c3ccccc3-c3ccccc32)c1. The lowest BCUT2D eigenvalue weighted by Gasteiger charge is -2.40. The molecule has 4 nitrogen and oxygen atoms in total. The van der Waals surface area contributed by atoms with Gasteiger partial charge in [0, 0.05) is 69.9 Å². The van der Waals surface area contributed by atoms with Gasteiger partial charge in [0.25, 0.3) is 0 Å². The van der Waals surface area contributed by atoms with E-state index in [-0.39, 0.29) is 0 Å². The van der Waals surface area contributed by atoms with Crippen LogP contribution in [0.4, 0.5) is 11.4 Å². The van der Waals surface area contributed by atoms with Crippen molar-refractivity contribution in [1.29, 1.82) is 0 Å². The monoisotopic (exact) mass is 516 g/mol. The zero-order valence-electron chi connectivity index (χ0n) is 22.1. The van der Waals surface area contributed by atoms with E-state index in [1.165, 1.54) is 47.6 Å². The van der Waals surface area contributed by atoms with Crippen LogP contribution in [0.2, 0.25) is 0 Å². The third-order valence-corrected chi connectivity index (χ3v) is 11.6. The predicted molar refractivity (Wildman–Crippen MR) is 159 cm³/mol. The van der Waals surface area contributed by atoms with Crippen molar-refractivity contribution in [3.05, 3.63) is 121 Å². The first-order chi connectivity index (χ1) is 18.5. The summed E-state index contributed by atoms with van der Waals surface area (Å²) in [5.74, 6) is 0. The molecule has 0 atom stereocenters. The summed E-state index contributed by atoms with van der Waals surface area (Å²) in [6.45, 7) is 3.96. The number of anilines is 2. The minimum absolute atomic E-state index is 0.863. The van der Waals surface area contributed by atoms with Crippen LogP contribution in [-0.4, -0.2) is 37.2 Å². The summed E-state index contributed by atoms with van der Waals surface area (Å²) in [5.41, 5.74) is 6.47. The normalized spacial score (nSPS) is 17.8. The van der Waals surface area contributed by atoms with Crippen molar-refractivity contribution >= 4 is 21.4 Å². The van der Waals surface area contributed by atoms with Crippen LogP contribution in [0.5, 0.6) is 0 Å². The number of hydrogen-bond donors (Lipinski definition) is 0. The molecule has 3 heterocycles. The minimum Gasteiger partial charge on any atom is -0.361 e. The van der Waals surface area contributed by atoms with Crippen LogP contribution in [0.25, 0.3) is 11.1 Å². The molecule has 0 radical (unpaired) electrons. The van der Waals surface area contributed by atoms with E-state index < -0.39 is 10.0 Å². The fourth-order valence-corrected chi connectivity index (χ4v) is 10.3. The van der Waals surface area contributed by atoms with Gasteiger partial charge in [-0.3, -0.25) is 0 Å². The first kappa shape index (κ1) is 23.1. The molecule has 0 aromatic heterocycles. The Morgan fingerprint density at radius 3 is 1.74 bits per heavy atom. The van der Waals surface area contributed by atoms with Crippen molar-refractivity contribution in [2.24, 2.45) is 0 Å². The lowest BCUT2D eigenvalue weighted by atomic mass is 10.1. The van der Waals surface area contributed by atoms with Crippen LogP contribution in [0.15, 0.2) is 135 Å². The zero-order chi connectivity index (χ0) is 25.9. The van der Waals surface area contributed by atoms with Crippen LogP contribution in [0, 0.1) is 6.92 Å². The predicted octanol–water partition coefficient (Wildman–Crippen LogP) is 7.68. The van der Waals surface area contributed by atoms with Gasteiger partial charge < -0.3 is 19.6 Å². The van der Waals surface area contributed by atoms with Crippen LogP contribution in [-0.2, 0) is 0 Å². The van der Waals surface area contributed by atoms with Gasteiger partial charge >= 0.3 is 0 Å². The highest BCUT2D eigenvalue weighted by Gasteiger charge is 2.42. The van der Waals surface area contributed by atoms with Gasteiger partial charge in [0.1, 0.15) is 0 Å². The maximum atomic E-state index is 2.45. The molecule has 190 valence electrons. The summed E-state index contributed by atoms with van der Waals surface area (Å²) in [6, 6.07) is 34.6. The minimum atomic E-state index is -1.72. The van der Waals surface area contributed by atoms with E-state index in [0.29, 0.717) is 0 Å². The number of hydrogen-bond acceptors (Lipinski definition) is 4. The molecule has 3 aliphatic heterocycles. The Labute approximate surface area is 227 Å². The molecule has 5 heteroatoms. The number of fused-ring (bicyclic) bond motifs is 3. The first-order valence-electron chi connectivity index (χ1n) is 13.1. The van der Waals surface area contributed by atoms with Crippen LogP contribution >= 0.6 is 10.0 Å². The maximum absolute atomic E-state index is 2.45. The summed E-state index contributed by atoms with van der Waals surface area (Å²) in [5, 5.41) is 0. The maximum Gasteiger partial charge on any atom is 0.0938 e. The van der Waals surface area contributed by atoms with Gasteiger partial charge in [0.2, 0.25) is 0 Å². The van der Waals surface area contributed by atoms with E-state index in [9.17, 15) is 0 Å². The van der Waals surface area contributed by atoms with Crippen molar-refractivity contribution in [2.45, 2.75) is 26.5 Å². The molecule has 4 aromatic rings. The van der Waals surface area contributed by atoms with Crippen molar-refractivity contribution in [2.75, 3.05) is 37.2 Å². The second-order valence-corrected chi connectivity index (χ2v) is 13.5. The van der Waals surface area contributed by atoms with E-state index in [4.69, 9.17) is 0 Å². The molecule has 7 rings (SSSR count). The van der Waals surface area contributed by atoms with Gasteiger partial charge in [0.05, 0.1) is 13.3 Å². The van der Waals surface area contributed by atoms with E-state index in [2.05, 4.69) is 156 Å². The summed E-state index contributed by atoms with van der Waals surface area (Å²) in [6.07, 6.45) is 8.66. The van der Waals surface area contributed by atoms with Crippen LogP contribution < -0.4 is 9.80 Å². The second-order valence-electron chi connectivity index (χ2n) is 10.4. The molecular weight excluding hydrogens is 484 g/mol. The Bertz CT molecular complexity index is 1560. The van der Waals surface area contributed by atoms with E-state index in [1.807, 2.05) is 0 Å². The number of nitrogens with zero attached hydrogens (tertiary/aromatic N) is 4. The third-order valence-electron chi connectivity index (χ3n) is 7.70. The van der Waals surface area contributed by atoms with Crippen LogP contribution in [0.3, 0.4) is 0 Å². The zero-order valence-corrected chi connectivity index (χ0v) is 22.9. The molecular formula is C33H32N4S. The molecule has 0 aliphatic carbocycles. The lowest BCUT2D eigenvalue weighted by Crippen LogP contribution is -2.22. The molecule has 0 N–H and O–H groups in total. The summed E-state index contributed by atoms with van der Waals surface area (Å²) in [4.78, 5) is 14.7. The highest BCUT2D eigenvalue weighted by molar-refractivity contribution is 8.34. The number of benzene rings is 4. The molecule has 0 fully saturated rings. The fraction of sp³-hybridized carbons (Fsp3) is 0.152. The van der Waals surface area contributed by atoms with Gasteiger partial charge in [-0.05, 0) is 72.1 Å². The summed E-state index contributed by atoms with van der Waals surface area (Å²) in [7, 11) is 2.52. The molecule has 3 aliphatic rings. The molecule has 4 aromatic carbocycles. The van der Waals surface area contributed by atoms with Gasteiger partial charge in [-0.2, -0.15) is 0 Å². The highest BCUT2D eigenvalue weighted by Crippen LogP contribution is 2.80. The number of aryl methyl sites for hydroxylation is 1. The van der Waals surface area contributed by atoms with Crippen LogP contribution in [0.1, 0.15) is 5.56 Å². The Balaban J connectivity index is 1.52. The fourth-order valence-electron chi connectivity index (χ4n) is 5.99. The van der Waals surface area contributed by atoms with E-state index >= 15 is 0 Å². The average molecular weight is 517 g/mol. The van der Waals surface area contributed by atoms with Gasteiger partial charge in [-0.15, -0.1) is 10.0 Å². The van der Waals surface area contributed by atoms with Gasteiger partial charge in [-0.1, -0.05) is 42.5 Å².